The van der Waals surface area contributed by atoms with Gasteiger partial charge in [0, 0.05) is 32.3 Å². The number of aryl methyl sites for hydroxylation is 1. The van der Waals surface area contributed by atoms with Gasteiger partial charge in [-0.05, 0) is 61.7 Å². The van der Waals surface area contributed by atoms with Crippen LogP contribution in [0, 0.1) is 0 Å². The van der Waals surface area contributed by atoms with Crippen molar-refractivity contribution in [1.29, 1.82) is 0 Å². The number of carbonyl (C=O) groups is 1. The van der Waals surface area contributed by atoms with Gasteiger partial charge in [-0.3, -0.25) is 9.69 Å². The van der Waals surface area contributed by atoms with Crippen molar-refractivity contribution >= 4 is 5.91 Å². The fourth-order valence-electron chi connectivity index (χ4n) is 3.58. The molecule has 168 valence electrons. The highest BCUT2D eigenvalue weighted by molar-refractivity contribution is 5.77. The van der Waals surface area contributed by atoms with Gasteiger partial charge in [-0.1, -0.05) is 31.2 Å². The minimum atomic E-state index is -0.149. The van der Waals surface area contributed by atoms with E-state index in [1.165, 1.54) is 5.56 Å². The van der Waals surface area contributed by atoms with Crippen LogP contribution in [0.2, 0.25) is 0 Å². The number of nitrogens with one attached hydrogen (secondary N) is 1. The summed E-state index contributed by atoms with van der Waals surface area (Å²) in [7, 11) is 2.14. The summed E-state index contributed by atoms with van der Waals surface area (Å²) in [5, 5.41) is 2.90. The molecule has 1 N–H and O–H groups in total. The number of rotatable bonds is 11. The Balaban J connectivity index is 1.36. The quantitative estimate of drug-likeness (QED) is 0.597. The van der Waals surface area contributed by atoms with Gasteiger partial charge in [0.2, 0.25) is 0 Å². The lowest BCUT2D eigenvalue weighted by Crippen LogP contribution is -2.38. The van der Waals surface area contributed by atoms with Gasteiger partial charge >= 0.3 is 0 Å². The lowest BCUT2D eigenvalue weighted by molar-refractivity contribution is -0.123. The third kappa shape index (κ3) is 7.89. The van der Waals surface area contributed by atoms with E-state index in [4.69, 9.17) is 14.2 Å². The Bertz CT molecular complexity index is 803. The van der Waals surface area contributed by atoms with Gasteiger partial charge in [-0.15, -0.1) is 0 Å². The van der Waals surface area contributed by atoms with Crippen LogP contribution in [0.3, 0.4) is 0 Å². The molecule has 6 nitrogen and oxygen atoms in total. The first-order valence-corrected chi connectivity index (χ1v) is 11.1. The lowest BCUT2D eigenvalue weighted by Gasteiger charge is -2.31. The number of hydrogen-bond donors (Lipinski definition) is 1. The van der Waals surface area contributed by atoms with Crippen LogP contribution in [-0.2, 0) is 22.5 Å². The molecule has 2 aromatic carbocycles. The second-order valence-electron chi connectivity index (χ2n) is 7.88. The van der Waals surface area contributed by atoms with Crippen molar-refractivity contribution in [1.82, 2.24) is 10.2 Å². The van der Waals surface area contributed by atoms with Crippen molar-refractivity contribution in [2.75, 3.05) is 40.0 Å². The first-order chi connectivity index (χ1) is 15.1. The summed E-state index contributed by atoms with van der Waals surface area (Å²) in [6, 6.07) is 16.2. The van der Waals surface area contributed by atoms with Crippen LogP contribution in [0.1, 0.15) is 30.9 Å². The zero-order chi connectivity index (χ0) is 21.9. The molecule has 1 amide bonds. The fraction of sp³-hybridized carbons (Fsp3) is 0.480. The van der Waals surface area contributed by atoms with E-state index in [-0.39, 0.29) is 12.5 Å². The van der Waals surface area contributed by atoms with E-state index in [0.717, 1.165) is 50.3 Å². The maximum atomic E-state index is 12.1. The highest BCUT2D eigenvalue weighted by atomic mass is 16.5. The summed E-state index contributed by atoms with van der Waals surface area (Å²) in [6.45, 7) is 5.75. The van der Waals surface area contributed by atoms with Gasteiger partial charge in [-0.2, -0.15) is 0 Å². The molecule has 2 aromatic rings. The van der Waals surface area contributed by atoms with E-state index in [1.807, 2.05) is 48.5 Å². The van der Waals surface area contributed by atoms with Crippen LogP contribution >= 0.6 is 0 Å². The molecular formula is C25H34N2O4. The second-order valence-corrected chi connectivity index (χ2v) is 7.88. The van der Waals surface area contributed by atoms with E-state index in [2.05, 4.69) is 24.2 Å². The fourth-order valence-corrected chi connectivity index (χ4v) is 3.58. The molecule has 0 spiro atoms. The molecule has 0 saturated carbocycles. The Kier molecular flexibility index (Phi) is 9.18. The molecule has 31 heavy (non-hydrogen) atoms. The molecule has 1 aliphatic rings. The monoisotopic (exact) mass is 426 g/mol. The predicted octanol–water partition coefficient (Wildman–Crippen LogP) is 3.43. The summed E-state index contributed by atoms with van der Waals surface area (Å²) in [6.07, 6.45) is 3.15. The Morgan fingerprint density at radius 2 is 1.84 bits per heavy atom. The first kappa shape index (κ1) is 23.1. The predicted molar refractivity (Wildman–Crippen MR) is 122 cm³/mol. The van der Waals surface area contributed by atoms with Crippen molar-refractivity contribution in [3.05, 3.63) is 59.7 Å². The van der Waals surface area contributed by atoms with Crippen molar-refractivity contribution in [2.45, 2.75) is 38.8 Å². The standard InChI is InChI=1S/C25H34N2O4/c1-3-20-7-9-23(10-8-20)31-19-25(28)26-18-21-5-4-6-24(17-21)30-16-13-27(2)22-11-14-29-15-12-22/h4-10,17,22H,3,11-16,18-19H2,1-2H3,(H,26,28). The van der Waals surface area contributed by atoms with Crippen molar-refractivity contribution < 1.29 is 19.0 Å². The van der Waals surface area contributed by atoms with Crippen LogP contribution in [0.25, 0.3) is 0 Å². The molecular weight excluding hydrogens is 392 g/mol. The van der Waals surface area contributed by atoms with Crippen LogP contribution in [0.4, 0.5) is 0 Å². The van der Waals surface area contributed by atoms with Crippen molar-refractivity contribution in [2.24, 2.45) is 0 Å². The van der Waals surface area contributed by atoms with Crippen LogP contribution in [0.15, 0.2) is 48.5 Å². The summed E-state index contributed by atoms with van der Waals surface area (Å²) in [5.41, 5.74) is 2.24. The SMILES string of the molecule is CCc1ccc(OCC(=O)NCc2cccc(OCCN(C)C3CCOCC3)c2)cc1. The number of nitrogens with zero attached hydrogens (tertiary/aromatic N) is 1. The molecule has 3 rings (SSSR count). The van der Waals surface area contributed by atoms with Crippen molar-refractivity contribution in [3.63, 3.8) is 0 Å². The molecule has 1 heterocycles. The second kappa shape index (κ2) is 12.3. The largest absolute Gasteiger partial charge is 0.492 e. The molecule has 0 aromatic heterocycles. The van der Waals surface area contributed by atoms with Gasteiger partial charge in [0.05, 0.1) is 0 Å². The first-order valence-electron chi connectivity index (χ1n) is 11.1. The molecule has 0 bridgehead atoms. The molecule has 1 fully saturated rings. The van der Waals surface area contributed by atoms with Gasteiger partial charge < -0.3 is 19.5 Å². The smallest absolute Gasteiger partial charge is 0.258 e. The molecule has 0 unspecified atom stereocenters. The maximum Gasteiger partial charge on any atom is 0.258 e. The lowest BCUT2D eigenvalue weighted by atomic mass is 10.1. The highest BCUT2D eigenvalue weighted by Crippen LogP contribution is 2.15. The third-order valence-electron chi connectivity index (χ3n) is 5.62. The Labute approximate surface area is 185 Å². The minimum Gasteiger partial charge on any atom is -0.492 e. The summed E-state index contributed by atoms with van der Waals surface area (Å²) < 4.78 is 16.9. The Morgan fingerprint density at radius 1 is 1.06 bits per heavy atom. The minimum absolute atomic E-state index is 0.000202. The number of carbonyl (C=O) groups excluding carboxylic acids is 1. The van der Waals surface area contributed by atoms with Gasteiger partial charge in [0.15, 0.2) is 6.61 Å². The number of amides is 1. The number of benzene rings is 2. The molecule has 6 heteroatoms. The maximum absolute atomic E-state index is 12.1. The van der Waals surface area contributed by atoms with Crippen LogP contribution in [0.5, 0.6) is 11.5 Å². The van der Waals surface area contributed by atoms with E-state index >= 15 is 0 Å². The Hall–Kier alpha value is -2.57. The van der Waals surface area contributed by atoms with E-state index in [0.29, 0.717) is 24.9 Å². The third-order valence-corrected chi connectivity index (χ3v) is 5.62. The molecule has 0 aliphatic carbocycles. The summed E-state index contributed by atoms with van der Waals surface area (Å²) in [4.78, 5) is 14.5. The van der Waals surface area contributed by atoms with Gasteiger partial charge in [0.1, 0.15) is 18.1 Å². The number of likely N-dealkylation sites (N-methyl/N-ethyl adjacent to an activating group) is 1. The average Bonchev–Trinajstić information content (AvgIpc) is 2.82. The zero-order valence-corrected chi connectivity index (χ0v) is 18.6. The van der Waals surface area contributed by atoms with E-state index in [1.54, 1.807) is 0 Å². The molecule has 0 atom stereocenters. The number of hydrogen-bond acceptors (Lipinski definition) is 5. The normalized spacial score (nSPS) is 14.4. The van der Waals surface area contributed by atoms with Gasteiger partial charge in [-0.25, -0.2) is 0 Å². The highest BCUT2D eigenvalue weighted by Gasteiger charge is 2.18. The molecule has 1 saturated heterocycles. The van der Waals surface area contributed by atoms with E-state index < -0.39 is 0 Å². The number of ether oxygens (including phenoxy) is 3. The Morgan fingerprint density at radius 3 is 2.58 bits per heavy atom. The molecule has 0 radical (unpaired) electrons. The summed E-state index contributed by atoms with van der Waals surface area (Å²) >= 11 is 0. The topological polar surface area (TPSA) is 60.0 Å². The van der Waals surface area contributed by atoms with Crippen LogP contribution in [-0.4, -0.2) is 56.9 Å². The van der Waals surface area contributed by atoms with Gasteiger partial charge in [0.25, 0.3) is 5.91 Å². The summed E-state index contributed by atoms with van der Waals surface area (Å²) in [5.74, 6) is 1.37. The van der Waals surface area contributed by atoms with E-state index in [9.17, 15) is 4.79 Å². The zero-order valence-electron chi connectivity index (χ0n) is 18.6. The van der Waals surface area contributed by atoms with Crippen molar-refractivity contribution in [3.8, 4) is 11.5 Å². The molecule has 1 aliphatic heterocycles. The average molecular weight is 427 g/mol. The van der Waals surface area contributed by atoms with Crippen LogP contribution < -0.4 is 14.8 Å².